The largest absolute Gasteiger partial charge is 0.455 e. The van der Waals surface area contributed by atoms with Crippen LogP contribution in [-0.2, 0) is 0 Å². The summed E-state index contributed by atoms with van der Waals surface area (Å²) in [6.45, 7) is 4.13. The van der Waals surface area contributed by atoms with E-state index in [0.717, 1.165) is 111 Å². The maximum Gasteiger partial charge on any atom is 0.160 e. The van der Waals surface area contributed by atoms with Gasteiger partial charge in [0, 0.05) is 60.5 Å². The fourth-order valence-corrected chi connectivity index (χ4v) is 10.5. The van der Waals surface area contributed by atoms with Gasteiger partial charge >= 0.3 is 0 Å². The second-order valence-corrected chi connectivity index (χ2v) is 17.6. The van der Waals surface area contributed by atoms with Gasteiger partial charge in [-0.05, 0) is 84.5 Å². The molecule has 0 aliphatic carbocycles. The number of allylic oxidation sites excluding steroid dienone is 1. The molecule has 0 amide bonds. The molecule has 0 aliphatic heterocycles. The molecular formula is C64H44N4O. The summed E-state index contributed by atoms with van der Waals surface area (Å²) in [6.07, 6.45) is 2.12. The minimum absolute atomic E-state index is 0.633. The predicted octanol–water partition coefficient (Wildman–Crippen LogP) is 16.9. The van der Waals surface area contributed by atoms with Crippen LogP contribution >= 0.6 is 0 Å². The van der Waals surface area contributed by atoms with Crippen molar-refractivity contribution in [1.82, 2.24) is 9.13 Å². The number of aliphatic imine (C=N–C) groups is 2. The zero-order chi connectivity index (χ0) is 46.0. The number of aromatic nitrogens is 2. The smallest absolute Gasteiger partial charge is 0.160 e. The highest BCUT2D eigenvalue weighted by Crippen LogP contribution is 2.46. The summed E-state index contributed by atoms with van der Waals surface area (Å²) in [4.78, 5) is 10.9. The molecule has 13 rings (SSSR count). The van der Waals surface area contributed by atoms with Gasteiger partial charge in [0.15, 0.2) is 5.84 Å². The molecule has 69 heavy (non-hydrogen) atoms. The first-order chi connectivity index (χ1) is 34.1. The van der Waals surface area contributed by atoms with Crippen molar-refractivity contribution in [3.05, 3.63) is 247 Å². The minimum Gasteiger partial charge on any atom is -0.455 e. The number of hydrogen-bond acceptors (Lipinski definition) is 2. The molecule has 5 heteroatoms. The lowest BCUT2D eigenvalue weighted by atomic mass is 10.00. The molecule has 0 saturated carbocycles. The highest BCUT2D eigenvalue weighted by Gasteiger charge is 2.25. The highest BCUT2D eigenvalue weighted by molar-refractivity contribution is 6.29. The van der Waals surface area contributed by atoms with E-state index in [1.165, 1.54) is 16.3 Å². The van der Waals surface area contributed by atoms with Crippen LogP contribution in [0, 0.1) is 0 Å². The summed E-state index contributed by atoms with van der Waals surface area (Å²) in [7, 11) is 0. The lowest BCUT2D eigenvalue weighted by Crippen LogP contribution is -2.05. The van der Waals surface area contributed by atoms with Crippen LogP contribution in [-0.4, -0.2) is 20.7 Å². The Kier molecular flexibility index (Phi) is 9.55. The first kappa shape index (κ1) is 40.2. The molecule has 3 aromatic heterocycles. The minimum atomic E-state index is 0.633. The number of fused-ring (bicyclic) bond motifs is 12. The van der Waals surface area contributed by atoms with Crippen LogP contribution in [0.2, 0.25) is 0 Å². The maximum absolute atomic E-state index is 6.97. The van der Waals surface area contributed by atoms with Gasteiger partial charge in [-0.3, -0.25) is 0 Å². The summed E-state index contributed by atoms with van der Waals surface area (Å²) in [5, 5.41) is 9.01. The highest BCUT2D eigenvalue weighted by atomic mass is 16.3. The molecule has 0 N–H and O–H groups in total. The normalized spacial score (nSPS) is 12.8. The molecule has 0 aliphatic rings. The molecule has 0 atom stereocenters. The molecule has 0 unspecified atom stereocenters. The first-order valence-corrected chi connectivity index (χ1v) is 23.5. The monoisotopic (exact) mass is 884 g/mol. The van der Waals surface area contributed by atoms with Gasteiger partial charge in [0.1, 0.15) is 11.2 Å². The number of amidine groups is 1. The van der Waals surface area contributed by atoms with Crippen LogP contribution in [0.25, 0.3) is 105 Å². The van der Waals surface area contributed by atoms with E-state index in [9.17, 15) is 0 Å². The van der Waals surface area contributed by atoms with Crippen molar-refractivity contribution in [2.24, 2.45) is 9.98 Å². The number of hydrogen-bond donors (Lipinski definition) is 0. The van der Waals surface area contributed by atoms with E-state index in [4.69, 9.17) is 14.4 Å². The molecule has 13 aromatic rings. The van der Waals surface area contributed by atoms with Crippen molar-refractivity contribution in [2.75, 3.05) is 0 Å². The third kappa shape index (κ3) is 6.62. The van der Waals surface area contributed by atoms with Crippen molar-refractivity contribution < 1.29 is 4.42 Å². The van der Waals surface area contributed by atoms with Crippen molar-refractivity contribution in [1.29, 1.82) is 0 Å². The Hall–Kier alpha value is -9.06. The average Bonchev–Trinajstić information content (AvgIpc) is 4.08. The van der Waals surface area contributed by atoms with Gasteiger partial charge in [-0.25, -0.2) is 9.98 Å². The van der Waals surface area contributed by atoms with Crippen LogP contribution in [0.3, 0.4) is 0 Å². The second kappa shape index (κ2) is 16.4. The Morgan fingerprint density at radius 3 is 1.88 bits per heavy atom. The fraction of sp³-hybridized carbons (Fsp3) is 0.0312. The van der Waals surface area contributed by atoms with Crippen molar-refractivity contribution >= 4 is 93.6 Å². The topological polar surface area (TPSA) is 47.7 Å². The number of rotatable bonds is 7. The Bertz CT molecular complexity index is 4240. The van der Waals surface area contributed by atoms with E-state index in [1.54, 1.807) is 0 Å². The van der Waals surface area contributed by atoms with Crippen molar-refractivity contribution in [3.8, 4) is 22.5 Å². The molecule has 0 bridgehead atoms. The zero-order valence-corrected chi connectivity index (χ0v) is 38.1. The quantitative estimate of drug-likeness (QED) is 0.116. The Labute approximate surface area is 398 Å². The molecule has 326 valence electrons. The van der Waals surface area contributed by atoms with Gasteiger partial charge in [0.05, 0.1) is 33.2 Å². The van der Waals surface area contributed by atoms with Gasteiger partial charge in [-0.2, -0.15) is 0 Å². The van der Waals surface area contributed by atoms with Gasteiger partial charge in [0.2, 0.25) is 0 Å². The lowest BCUT2D eigenvalue weighted by molar-refractivity contribution is 0.673. The Morgan fingerprint density at radius 2 is 1.09 bits per heavy atom. The summed E-state index contributed by atoms with van der Waals surface area (Å²) in [6, 6.07) is 79.7. The average molecular weight is 885 g/mol. The third-order valence-electron chi connectivity index (χ3n) is 13.7. The number of benzene rings is 10. The summed E-state index contributed by atoms with van der Waals surface area (Å²) >= 11 is 0. The SMILES string of the molecule is C/C=C(/N=C(N=C(C)c1ccccc1)c1ccccc1)c1cc2c3ccccc3oc2c2c3ccc4ccccc4c3n(-c3cccc(-c4ccc5c6ccccc6n(-c6ccccc6)c5c4)c3)c12. The zero-order valence-electron chi connectivity index (χ0n) is 38.1. The predicted molar refractivity (Wildman–Crippen MR) is 291 cm³/mol. The van der Waals surface area contributed by atoms with Crippen LogP contribution in [0.15, 0.2) is 245 Å². The fourth-order valence-electron chi connectivity index (χ4n) is 10.5. The number of nitrogens with zero attached hydrogens (tertiary/aromatic N) is 4. The van der Waals surface area contributed by atoms with Crippen LogP contribution in [0.5, 0.6) is 0 Å². The second-order valence-electron chi connectivity index (χ2n) is 17.6. The van der Waals surface area contributed by atoms with Gasteiger partial charge in [-0.15, -0.1) is 0 Å². The summed E-state index contributed by atoms with van der Waals surface area (Å²) in [5.41, 5.74) is 15.2. The van der Waals surface area contributed by atoms with Gasteiger partial charge in [-0.1, -0.05) is 182 Å². The van der Waals surface area contributed by atoms with E-state index < -0.39 is 0 Å². The van der Waals surface area contributed by atoms with Crippen molar-refractivity contribution in [2.45, 2.75) is 13.8 Å². The van der Waals surface area contributed by atoms with Gasteiger partial charge < -0.3 is 13.6 Å². The van der Waals surface area contributed by atoms with E-state index in [-0.39, 0.29) is 0 Å². The van der Waals surface area contributed by atoms with Crippen LogP contribution in [0.1, 0.15) is 30.5 Å². The molecule has 0 fully saturated rings. The molecule has 5 nitrogen and oxygen atoms in total. The number of para-hydroxylation sites is 3. The Balaban J connectivity index is 1.11. The van der Waals surface area contributed by atoms with Crippen molar-refractivity contribution in [3.63, 3.8) is 0 Å². The molecular weight excluding hydrogens is 841 g/mol. The molecule has 3 heterocycles. The molecule has 0 radical (unpaired) electrons. The summed E-state index contributed by atoms with van der Waals surface area (Å²) < 4.78 is 11.8. The Morgan fingerprint density at radius 1 is 0.449 bits per heavy atom. The van der Waals surface area contributed by atoms with E-state index >= 15 is 0 Å². The lowest BCUT2D eigenvalue weighted by Gasteiger charge is -2.15. The summed E-state index contributed by atoms with van der Waals surface area (Å²) in [5.74, 6) is 0.633. The maximum atomic E-state index is 6.97. The van der Waals surface area contributed by atoms with E-state index in [2.05, 4.69) is 211 Å². The number of furan rings is 1. The van der Waals surface area contributed by atoms with E-state index in [0.29, 0.717) is 5.84 Å². The molecule has 0 spiro atoms. The first-order valence-electron chi connectivity index (χ1n) is 23.5. The van der Waals surface area contributed by atoms with Crippen LogP contribution < -0.4 is 0 Å². The molecule has 10 aromatic carbocycles. The van der Waals surface area contributed by atoms with Crippen LogP contribution in [0.4, 0.5) is 0 Å². The standard InChI is InChI=1S/C64H44N4O/c1-3-56(66-64(44-23-9-5-10-24-44)65-41(2)42-20-7-4-8-21-42)55-40-54-52-31-16-18-33-59(52)69-63(54)60-53-37-34-43-22-13-14-29-49(43)61(53)68(62(55)60)48-28-19-25-45(38-48)46-35-36-51-50-30-15-17-32-57(50)67(58(51)39-46)47-26-11-6-12-27-47/h3-40H,1-2H3/b56-3+,65-41?,66-64?. The van der Waals surface area contributed by atoms with E-state index in [1.807, 2.05) is 42.5 Å². The molecule has 0 saturated heterocycles. The van der Waals surface area contributed by atoms with Gasteiger partial charge in [0.25, 0.3) is 0 Å². The third-order valence-corrected chi connectivity index (χ3v) is 13.7.